The zero-order valence-electron chi connectivity index (χ0n) is 13.6. The van der Waals surface area contributed by atoms with Crippen molar-refractivity contribution < 1.29 is 14.6 Å². The Hall–Kier alpha value is -1.85. The molecule has 0 saturated heterocycles. The Balaban J connectivity index is 2.18. The molecule has 1 aromatic carbocycles. The number of thiophene rings is 1. The van der Waals surface area contributed by atoms with Crippen LogP contribution in [0.5, 0.6) is 5.75 Å². The number of amides is 1. The van der Waals surface area contributed by atoms with Crippen molar-refractivity contribution in [2.24, 2.45) is 0 Å². The first-order valence-electron chi connectivity index (χ1n) is 7.72. The fraction of sp³-hybridized carbons (Fsp3) is 0.389. The zero-order valence-corrected chi connectivity index (χ0v) is 14.4. The van der Waals surface area contributed by atoms with Gasteiger partial charge >= 0.3 is 0 Å². The number of carbonyl (C=O) groups excluding carboxylic acids is 1. The summed E-state index contributed by atoms with van der Waals surface area (Å²) >= 11 is 1.61. The van der Waals surface area contributed by atoms with Gasteiger partial charge in [0, 0.05) is 12.1 Å². The number of hydrogen-bond donors (Lipinski definition) is 1. The highest BCUT2D eigenvalue weighted by molar-refractivity contribution is 7.07. The molecule has 2 rings (SSSR count). The molecule has 0 bridgehead atoms. The minimum absolute atomic E-state index is 0.00148. The fourth-order valence-corrected chi connectivity index (χ4v) is 3.22. The Morgan fingerprint density at radius 2 is 2.13 bits per heavy atom. The normalized spacial score (nSPS) is 12.0. The third kappa shape index (κ3) is 4.56. The van der Waals surface area contributed by atoms with Gasteiger partial charge in [0.1, 0.15) is 5.75 Å². The number of rotatable bonds is 8. The van der Waals surface area contributed by atoms with Crippen molar-refractivity contribution in [3.8, 4) is 5.75 Å². The second-order valence-corrected chi connectivity index (χ2v) is 6.17. The van der Waals surface area contributed by atoms with E-state index in [4.69, 9.17) is 4.74 Å². The van der Waals surface area contributed by atoms with Gasteiger partial charge in [0.05, 0.1) is 26.2 Å². The van der Waals surface area contributed by atoms with E-state index in [1.165, 1.54) is 0 Å². The van der Waals surface area contributed by atoms with Crippen molar-refractivity contribution in [2.45, 2.75) is 32.4 Å². The van der Waals surface area contributed by atoms with Gasteiger partial charge in [-0.1, -0.05) is 25.1 Å². The predicted octanol–water partition coefficient (Wildman–Crippen LogP) is 3.10. The van der Waals surface area contributed by atoms with Crippen LogP contribution in [0.2, 0.25) is 0 Å². The molecule has 1 amide bonds. The van der Waals surface area contributed by atoms with Crippen molar-refractivity contribution in [2.75, 3.05) is 13.7 Å². The molecule has 1 heterocycles. The molecule has 0 spiro atoms. The number of aliphatic hydroxyl groups excluding tert-OH is 1. The summed E-state index contributed by atoms with van der Waals surface area (Å²) < 4.78 is 5.33. The molecule has 0 radical (unpaired) electrons. The lowest BCUT2D eigenvalue weighted by Crippen LogP contribution is -2.42. The minimum atomic E-state index is -0.169. The summed E-state index contributed by atoms with van der Waals surface area (Å²) in [6.45, 7) is 2.48. The molecule has 0 aliphatic rings. The summed E-state index contributed by atoms with van der Waals surface area (Å²) in [5, 5.41) is 13.7. The summed E-state index contributed by atoms with van der Waals surface area (Å²) in [4.78, 5) is 14.6. The van der Waals surface area contributed by atoms with Crippen LogP contribution in [0.25, 0.3) is 0 Å². The van der Waals surface area contributed by atoms with E-state index in [0.717, 1.165) is 17.5 Å². The molecule has 1 unspecified atom stereocenters. The van der Waals surface area contributed by atoms with E-state index in [-0.39, 0.29) is 25.0 Å². The Labute approximate surface area is 141 Å². The van der Waals surface area contributed by atoms with Crippen molar-refractivity contribution in [1.29, 1.82) is 0 Å². The summed E-state index contributed by atoms with van der Waals surface area (Å²) in [7, 11) is 1.61. The molecule has 0 fully saturated rings. The van der Waals surface area contributed by atoms with Crippen LogP contribution in [0.1, 0.15) is 24.5 Å². The first-order chi connectivity index (χ1) is 11.2. The SMILES string of the molecule is CCC(CO)N(Cc1ccsc1)C(=O)Cc1ccccc1OC. The van der Waals surface area contributed by atoms with Gasteiger partial charge in [-0.15, -0.1) is 0 Å². The van der Waals surface area contributed by atoms with Crippen molar-refractivity contribution in [1.82, 2.24) is 4.90 Å². The number of methoxy groups -OCH3 is 1. The molecule has 1 aromatic heterocycles. The average molecular weight is 333 g/mol. The Bertz CT molecular complexity index is 608. The molecule has 124 valence electrons. The van der Waals surface area contributed by atoms with Crippen LogP contribution in [0.4, 0.5) is 0 Å². The quantitative estimate of drug-likeness (QED) is 0.807. The van der Waals surface area contributed by atoms with E-state index in [9.17, 15) is 9.90 Å². The monoisotopic (exact) mass is 333 g/mol. The lowest BCUT2D eigenvalue weighted by atomic mass is 10.1. The van der Waals surface area contributed by atoms with Gasteiger partial charge in [-0.25, -0.2) is 0 Å². The smallest absolute Gasteiger partial charge is 0.227 e. The van der Waals surface area contributed by atoms with Gasteiger partial charge in [-0.3, -0.25) is 4.79 Å². The number of aliphatic hydroxyl groups is 1. The minimum Gasteiger partial charge on any atom is -0.496 e. The van der Waals surface area contributed by atoms with Crippen LogP contribution in [0.15, 0.2) is 41.1 Å². The standard InChI is InChI=1S/C18H23NO3S/c1-3-16(12-20)19(11-14-8-9-23-13-14)18(21)10-15-6-4-5-7-17(15)22-2/h4-9,13,16,20H,3,10-12H2,1-2H3. The van der Waals surface area contributed by atoms with E-state index in [1.807, 2.05) is 48.0 Å². The van der Waals surface area contributed by atoms with Gasteiger partial charge in [0.15, 0.2) is 0 Å². The third-order valence-corrected chi connectivity index (χ3v) is 4.64. The molecule has 0 aliphatic heterocycles. The second kappa shape index (κ2) is 8.70. The van der Waals surface area contributed by atoms with Crippen molar-refractivity contribution >= 4 is 17.2 Å². The molecule has 1 atom stereocenters. The van der Waals surface area contributed by atoms with Crippen LogP contribution < -0.4 is 4.74 Å². The maximum atomic E-state index is 12.8. The predicted molar refractivity (Wildman–Crippen MR) is 92.7 cm³/mol. The van der Waals surface area contributed by atoms with Gasteiger partial charge in [-0.05, 0) is 34.9 Å². The van der Waals surface area contributed by atoms with Crippen LogP contribution in [0.3, 0.4) is 0 Å². The lowest BCUT2D eigenvalue weighted by molar-refractivity contribution is -0.134. The zero-order chi connectivity index (χ0) is 16.7. The van der Waals surface area contributed by atoms with Crippen LogP contribution in [0, 0.1) is 0 Å². The van der Waals surface area contributed by atoms with Gasteiger partial charge < -0.3 is 14.7 Å². The molecule has 23 heavy (non-hydrogen) atoms. The number of carbonyl (C=O) groups is 1. The Kier molecular flexibility index (Phi) is 6.62. The highest BCUT2D eigenvalue weighted by Gasteiger charge is 2.23. The third-order valence-electron chi connectivity index (χ3n) is 3.91. The molecule has 0 saturated carbocycles. The maximum Gasteiger partial charge on any atom is 0.227 e. The molecule has 5 heteroatoms. The summed E-state index contributed by atoms with van der Waals surface area (Å²) in [6, 6.07) is 9.39. The van der Waals surface area contributed by atoms with Crippen LogP contribution in [-0.4, -0.2) is 35.7 Å². The van der Waals surface area contributed by atoms with Crippen LogP contribution in [-0.2, 0) is 17.8 Å². The van der Waals surface area contributed by atoms with Gasteiger partial charge in [-0.2, -0.15) is 11.3 Å². The largest absolute Gasteiger partial charge is 0.496 e. The van der Waals surface area contributed by atoms with Gasteiger partial charge in [0.25, 0.3) is 0 Å². The number of hydrogen-bond acceptors (Lipinski definition) is 4. The first kappa shape index (κ1) is 17.5. The Morgan fingerprint density at radius 3 is 2.74 bits per heavy atom. The highest BCUT2D eigenvalue weighted by Crippen LogP contribution is 2.21. The fourth-order valence-electron chi connectivity index (χ4n) is 2.56. The molecular weight excluding hydrogens is 310 g/mol. The van der Waals surface area contributed by atoms with E-state index in [2.05, 4.69) is 0 Å². The van der Waals surface area contributed by atoms with Crippen molar-refractivity contribution in [3.05, 3.63) is 52.2 Å². The Morgan fingerprint density at radius 1 is 1.35 bits per heavy atom. The molecule has 2 aromatic rings. The maximum absolute atomic E-state index is 12.8. The summed E-state index contributed by atoms with van der Waals surface area (Å²) in [5.74, 6) is 0.718. The number of ether oxygens (including phenoxy) is 1. The van der Waals surface area contributed by atoms with Crippen LogP contribution >= 0.6 is 11.3 Å². The lowest BCUT2D eigenvalue weighted by Gasteiger charge is -2.30. The van der Waals surface area contributed by atoms with E-state index in [0.29, 0.717) is 12.3 Å². The topological polar surface area (TPSA) is 49.8 Å². The number of para-hydroxylation sites is 1. The number of benzene rings is 1. The molecular formula is C18H23NO3S. The summed E-state index contributed by atoms with van der Waals surface area (Å²) in [5.41, 5.74) is 1.96. The van der Waals surface area contributed by atoms with Crippen molar-refractivity contribution in [3.63, 3.8) is 0 Å². The first-order valence-corrected chi connectivity index (χ1v) is 8.67. The number of nitrogens with zero attached hydrogens (tertiary/aromatic N) is 1. The molecule has 4 nitrogen and oxygen atoms in total. The summed E-state index contributed by atoms with van der Waals surface area (Å²) in [6.07, 6.45) is 0.989. The van der Waals surface area contributed by atoms with E-state index >= 15 is 0 Å². The highest BCUT2D eigenvalue weighted by atomic mass is 32.1. The van der Waals surface area contributed by atoms with E-state index < -0.39 is 0 Å². The molecule has 0 aliphatic carbocycles. The average Bonchev–Trinajstić information content (AvgIpc) is 3.08. The van der Waals surface area contributed by atoms with Gasteiger partial charge in [0.2, 0.25) is 5.91 Å². The van der Waals surface area contributed by atoms with E-state index in [1.54, 1.807) is 23.3 Å². The molecule has 1 N–H and O–H groups in total. The second-order valence-electron chi connectivity index (χ2n) is 5.39.